The Morgan fingerprint density at radius 3 is 2.75 bits per heavy atom. The Morgan fingerprint density at radius 1 is 1.58 bits per heavy atom. The van der Waals surface area contributed by atoms with E-state index in [9.17, 15) is 4.79 Å². The summed E-state index contributed by atoms with van der Waals surface area (Å²) in [7, 11) is 0. The van der Waals surface area contributed by atoms with Crippen LogP contribution in [0.1, 0.15) is 26.7 Å². The van der Waals surface area contributed by atoms with Crippen molar-refractivity contribution in [3.63, 3.8) is 0 Å². The number of allylic oxidation sites excluding steroid dienone is 1. The van der Waals surface area contributed by atoms with Gasteiger partial charge in [0, 0.05) is 6.61 Å². The van der Waals surface area contributed by atoms with Crippen molar-refractivity contribution < 1.29 is 9.53 Å². The van der Waals surface area contributed by atoms with E-state index in [0.717, 1.165) is 31.3 Å². The van der Waals surface area contributed by atoms with Gasteiger partial charge < -0.3 is 4.74 Å². The summed E-state index contributed by atoms with van der Waals surface area (Å²) >= 11 is 0. The van der Waals surface area contributed by atoms with Crippen molar-refractivity contribution in [3.05, 3.63) is 11.6 Å². The Kier molecular flexibility index (Phi) is 3.48. The van der Waals surface area contributed by atoms with Crippen LogP contribution in [0.25, 0.3) is 0 Å². The number of hydrogen-bond donors (Lipinski definition) is 0. The largest absolute Gasteiger partial charge is 0.374 e. The smallest absolute Gasteiger partial charge is 0.146 e. The first kappa shape index (κ1) is 9.46. The van der Waals surface area contributed by atoms with E-state index in [1.165, 1.54) is 0 Å². The van der Waals surface area contributed by atoms with Crippen LogP contribution in [0.15, 0.2) is 11.6 Å². The van der Waals surface area contributed by atoms with Crippen molar-refractivity contribution >= 4 is 6.29 Å². The first-order valence-corrected chi connectivity index (χ1v) is 4.52. The molecule has 1 atom stereocenters. The van der Waals surface area contributed by atoms with E-state index in [4.69, 9.17) is 4.74 Å². The molecule has 1 aliphatic rings. The lowest BCUT2D eigenvalue weighted by atomic mass is 10.0. The van der Waals surface area contributed by atoms with Gasteiger partial charge in [0.15, 0.2) is 0 Å². The lowest BCUT2D eigenvalue weighted by Gasteiger charge is -2.07. The highest BCUT2D eigenvalue weighted by atomic mass is 16.5. The van der Waals surface area contributed by atoms with Crippen molar-refractivity contribution in [3.8, 4) is 0 Å². The molecule has 2 nitrogen and oxygen atoms in total. The first-order valence-electron chi connectivity index (χ1n) is 4.52. The molecule has 1 fully saturated rings. The van der Waals surface area contributed by atoms with Crippen molar-refractivity contribution in [2.45, 2.75) is 32.8 Å². The minimum absolute atomic E-state index is 0.188. The summed E-state index contributed by atoms with van der Waals surface area (Å²) < 4.78 is 5.40. The fourth-order valence-electron chi connectivity index (χ4n) is 1.32. The van der Waals surface area contributed by atoms with Crippen molar-refractivity contribution in [2.24, 2.45) is 5.92 Å². The highest BCUT2D eigenvalue weighted by molar-refractivity contribution is 5.73. The summed E-state index contributed by atoms with van der Waals surface area (Å²) in [5, 5.41) is 0. The van der Waals surface area contributed by atoms with Crippen LogP contribution >= 0.6 is 0 Å². The fourth-order valence-corrected chi connectivity index (χ4v) is 1.32. The lowest BCUT2D eigenvalue weighted by molar-refractivity contribution is -0.105. The van der Waals surface area contributed by atoms with E-state index in [1.807, 2.05) is 19.9 Å². The van der Waals surface area contributed by atoms with Gasteiger partial charge in [0.2, 0.25) is 0 Å². The second-order valence-electron chi connectivity index (χ2n) is 3.49. The van der Waals surface area contributed by atoms with Crippen LogP contribution in [-0.2, 0) is 9.53 Å². The number of aldehydes is 1. The van der Waals surface area contributed by atoms with Gasteiger partial charge in [-0.3, -0.25) is 4.79 Å². The summed E-state index contributed by atoms with van der Waals surface area (Å²) in [6.07, 6.45) is 5.26. The molecule has 1 unspecified atom stereocenters. The molecule has 1 rings (SSSR count). The molecule has 0 aromatic carbocycles. The number of hydrogen-bond acceptors (Lipinski definition) is 2. The molecule has 0 saturated carbocycles. The SMILES string of the molecule is CC(C)C(C=O)=CC1CCCO1. The summed E-state index contributed by atoms with van der Waals surface area (Å²) in [5.74, 6) is 0.312. The third-order valence-corrected chi connectivity index (χ3v) is 2.15. The minimum atomic E-state index is 0.188. The quantitative estimate of drug-likeness (QED) is 0.475. The van der Waals surface area contributed by atoms with Gasteiger partial charge in [-0.2, -0.15) is 0 Å². The summed E-state index contributed by atoms with van der Waals surface area (Å²) in [6.45, 7) is 4.88. The average Bonchev–Trinajstić information content (AvgIpc) is 2.51. The molecule has 0 bridgehead atoms. The molecule has 0 amide bonds. The summed E-state index contributed by atoms with van der Waals surface area (Å²) in [6, 6.07) is 0. The number of carbonyl (C=O) groups excluding carboxylic acids is 1. The predicted octanol–water partition coefficient (Wildman–Crippen LogP) is 1.95. The summed E-state index contributed by atoms with van der Waals surface area (Å²) in [5.41, 5.74) is 0.863. The van der Waals surface area contributed by atoms with Crippen molar-refractivity contribution in [1.29, 1.82) is 0 Å². The van der Waals surface area contributed by atoms with Gasteiger partial charge >= 0.3 is 0 Å². The maximum absolute atomic E-state index is 10.6. The van der Waals surface area contributed by atoms with E-state index in [1.54, 1.807) is 0 Å². The standard InChI is InChI=1S/C10H16O2/c1-8(2)9(7-11)6-10-4-3-5-12-10/h6-8,10H,3-5H2,1-2H3. The Morgan fingerprint density at radius 2 is 2.33 bits per heavy atom. The molecule has 0 radical (unpaired) electrons. The van der Waals surface area contributed by atoms with Crippen LogP contribution in [0.2, 0.25) is 0 Å². The molecule has 0 aliphatic carbocycles. The molecule has 0 aromatic heterocycles. The molecular weight excluding hydrogens is 152 g/mol. The van der Waals surface area contributed by atoms with Gasteiger partial charge in [0.25, 0.3) is 0 Å². The average molecular weight is 168 g/mol. The second-order valence-corrected chi connectivity index (χ2v) is 3.49. The van der Waals surface area contributed by atoms with E-state index < -0.39 is 0 Å². The molecule has 1 aliphatic heterocycles. The molecule has 1 heterocycles. The molecule has 0 spiro atoms. The second kappa shape index (κ2) is 4.41. The van der Waals surface area contributed by atoms with Gasteiger partial charge in [-0.1, -0.05) is 13.8 Å². The monoisotopic (exact) mass is 168 g/mol. The van der Waals surface area contributed by atoms with Crippen LogP contribution in [0.5, 0.6) is 0 Å². The zero-order valence-corrected chi connectivity index (χ0v) is 7.75. The third-order valence-electron chi connectivity index (χ3n) is 2.15. The van der Waals surface area contributed by atoms with Crippen LogP contribution in [0.3, 0.4) is 0 Å². The van der Waals surface area contributed by atoms with Crippen LogP contribution in [-0.4, -0.2) is 19.0 Å². The van der Waals surface area contributed by atoms with Crippen molar-refractivity contribution in [1.82, 2.24) is 0 Å². The molecule has 2 heteroatoms. The van der Waals surface area contributed by atoms with Crippen LogP contribution in [0, 0.1) is 5.92 Å². The number of rotatable bonds is 3. The van der Waals surface area contributed by atoms with E-state index in [0.29, 0.717) is 5.92 Å². The van der Waals surface area contributed by atoms with E-state index >= 15 is 0 Å². The fraction of sp³-hybridized carbons (Fsp3) is 0.700. The van der Waals surface area contributed by atoms with Gasteiger partial charge in [0.1, 0.15) is 6.29 Å². The van der Waals surface area contributed by atoms with Gasteiger partial charge in [-0.15, -0.1) is 0 Å². The van der Waals surface area contributed by atoms with Gasteiger partial charge in [-0.05, 0) is 30.4 Å². The van der Waals surface area contributed by atoms with Crippen LogP contribution in [0.4, 0.5) is 0 Å². The highest BCUT2D eigenvalue weighted by Gasteiger charge is 2.14. The van der Waals surface area contributed by atoms with E-state index in [2.05, 4.69) is 0 Å². The molecular formula is C10H16O2. The summed E-state index contributed by atoms with van der Waals surface area (Å²) in [4.78, 5) is 10.6. The molecule has 0 aromatic rings. The topological polar surface area (TPSA) is 26.3 Å². The predicted molar refractivity (Wildman–Crippen MR) is 48.0 cm³/mol. The van der Waals surface area contributed by atoms with E-state index in [-0.39, 0.29) is 6.10 Å². The normalized spacial score (nSPS) is 24.9. The minimum Gasteiger partial charge on any atom is -0.374 e. The van der Waals surface area contributed by atoms with Crippen molar-refractivity contribution in [2.75, 3.05) is 6.61 Å². The van der Waals surface area contributed by atoms with Gasteiger partial charge in [0.05, 0.1) is 6.10 Å². The zero-order valence-electron chi connectivity index (χ0n) is 7.75. The molecule has 12 heavy (non-hydrogen) atoms. The Labute approximate surface area is 73.6 Å². The lowest BCUT2D eigenvalue weighted by Crippen LogP contribution is -2.05. The first-order chi connectivity index (χ1) is 5.74. The third kappa shape index (κ3) is 2.45. The molecule has 68 valence electrons. The number of ether oxygens (including phenoxy) is 1. The Hall–Kier alpha value is -0.630. The zero-order chi connectivity index (χ0) is 8.97. The Balaban J connectivity index is 2.56. The molecule has 1 saturated heterocycles. The maximum Gasteiger partial charge on any atom is 0.146 e. The van der Waals surface area contributed by atoms with Gasteiger partial charge in [-0.25, -0.2) is 0 Å². The molecule has 0 N–H and O–H groups in total. The van der Waals surface area contributed by atoms with Crippen LogP contribution < -0.4 is 0 Å². The Bertz CT molecular complexity index is 176. The number of carbonyl (C=O) groups is 1. The maximum atomic E-state index is 10.6. The highest BCUT2D eigenvalue weighted by Crippen LogP contribution is 2.17.